The molecule has 1 atom stereocenters. The number of aryl methyl sites for hydroxylation is 1. The first-order valence-electron chi connectivity index (χ1n) is 8.56. The Hall–Kier alpha value is -1.43. The van der Waals surface area contributed by atoms with Gasteiger partial charge in [0.1, 0.15) is 5.52 Å². The van der Waals surface area contributed by atoms with Gasteiger partial charge in [-0.15, -0.1) is 0 Å². The topological polar surface area (TPSA) is 41.7 Å². The first-order chi connectivity index (χ1) is 11.3. The summed E-state index contributed by atoms with van der Waals surface area (Å²) in [6, 6.07) is 8.57. The van der Waals surface area contributed by atoms with Gasteiger partial charge in [-0.2, -0.15) is 0 Å². The molecule has 0 N–H and O–H groups in total. The molecule has 5 heteroatoms. The summed E-state index contributed by atoms with van der Waals surface area (Å²) in [6.07, 6.45) is 2.00. The molecule has 1 saturated heterocycles. The predicted octanol–water partition coefficient (Wildman–Crippen LogP) is 2.41. The Labute approximate surface area is 138 Å². The zero-order valence-electron chi connectivity index (χ0n) is 14.2. The molecule has 5 nitrogen and oxygen atoms in total. The third-order valence-electron chi connectivity index (χ3n) is 4.63. The number of methoxy groups -OCH3 is 1. The maximum absolute atomic E-state index is 5.79. The van der Waals surface area contributed by atoms with Gasteiger partial charge in [0.2, 0.25) is 0 Å². The Morgan fingerprint density at radius 3 is 2.91 bits per heavy atom. The molecule has 0 spiro atoms. The Bertz CT molecular complexity index is 580. The normalized spacial score (nSPS) is 20.3. The second-order valence-corrected chi connectivity index (χ2v) is 6.36. The Morgan fingerprint density at radius 1 is 1.26 bits per heavy atom. The molecule has 0 bridgehead atoms. The summed E-state index contributed by atoms with van der Waals surface area (Å²) >= 11 is 0. The molecule has 126 valence electrons. The van der Waals surface area contributed by atoms with E-state index < -0.39 is 0 Å². The molecular weight excluding hydrogens is 290 g/mol. The smallest absolute Gasteiger partial charge is 0.195 e. The summed E-state index contributed by atoms with van der Waals surface area (Å²) < 4.78 is 11.0. The summed E-state index contributed by atoms with van der Waals surface area (Å²) in [7, 11) is 1.77. The number of rotatable bonds is 7. The van der Waals surface area contributed by atoms with Crippen molar-refractivity contribution >= 4 is 11.1 Å². The first kappa shape index (κ1) is 16.4. The van der Waals surface area contributed by atoms with Crippen molar-refractivity contribution < 1.29 is 9.15 Å². The van der Waals surface area contributed by atoms with Crippen LogP contribution in [-0.4, -0.2) is 67.3 Å². The number of aromatic nitrogens is 1. The van der Waals surface area contributed by atoms with Crippen molar-refractivity contribution in [2.45, 2.75) is 25.8 Å². The largest absolute Gasteiger partial charge is 0.441 e. The number of nitrogens with zero attached hydrogens (tertiary/aromatic N) is 3. The van der Waals surface area contributed by atoms with E-state index >= 15 is 0 Å². The molecule has 0 radical (unpaired) electrons. The molecule has 0 amide bonds. The fraction of sp³-hybridized carbons (Fsp3) is 0.611. The maximum atomic E-state index is 5.79. The van der Waals surface area contributed by atoms with Crippen LogP contribution in [-0.2, 0) is 11.2 Å². The van der Waals surface area contributed by atoms with Crippen LogP contribution in [0.25, 0.3) is 11.1 Å². The van der Waals surface area contributed by atoms with Crippen LogP contribution in [0.15, 0.2) is 28.7 Å². The molecule has 1 fully saturated rings. The molecule has 2 heterocycles. The van der Waals surface area contributed by atoms with Crippen molar-refractivity contribution in [1.82, 2.24) is 14.8 Å². The zero-order valence-corrected chi connectivity index (χ0v) is 14.2. The molecule has 0 aliphatic carbocycles. The van der Waals surface area contributed by atoms with E-state index in [1.807, 2.05) is 24.3 Å². The van der Waals surface area contributed by atoms with Gasteiger partial charge in [0.25, 0.3) is 0 Å². The highest BCUT2D eigenvalue weighted by Gasteiger charge is 2.22. The average Bonchev–Trinajstić information content (AvgIpc) is 2.97. The molecule has 23 heavy (non-hydrogen) atoms. The van der Waals surface area contributed by atoms with Gasteiger partial charge in [0.05, 0.1) is 6.61 Å². The molecule has 0 unspecified atom stereocenters. The van der Waals surface area contributed by atoms with Crippen LogP contribution >= 0.6 is 0 Å². The number of oxazole rings is 1. The number of ether oxygens (including phenoxy) is 1. The van der Waals surface area contributed by atoms with Crippen molar-refractivity contribution in [2.75, 3.05) is 46.4 Å². The fourth-order valence-electron chi connectivity index (χ4n) is 3.30. The first-order valence-corrected chi connectivity index (χ1v) is 8.56. The van der Waals surface area contributed by atoms with Gasteiger partial charge in [-0.3, -0.25) is 4.90 Å². The summed E-state index contributed by atoms with van der Waals surface area (Å²) in [5, 5.41) is 0. The minimum atomic E-state index is 0.600. The second kappa shape index (κ2) is 7.90. The van der Waals surface area contributed by atoms with E-state index in [0.717, 1.165) is 69.2 Å². The van der Waals surface area contributed by atoms with Gasteiger partial charge < -0.3 is 14.1 Å². The number of para-hydroxylation sites is 2. The van der Waals surface area contributed by atoms with Gasteiger partial charge in [-0.05, 0) is 32.0 Å². The Kier molecular flexibility index (Phi) is 5.65. The van der Waals surface area contributed by atoms with Crippen LogP contribution < -0.4 is 0 Å². The molecular formula is C18H27N3O2. The highest BCUT2D eigenvalue weighted by molar-refractivity contribution is 5.72. The average molecular weight is 317 g/mol. The van der Waals surface area contributed by atoms with E-state index in [2.05, 4.69) is 21.7 Å². The molecule has 1 aromatic heterocycles. The lowest BCUT2D eigenvalue weighted by Gasteiger charge is -2.39. The quantitative estimate of drug-likeness (QED) is 0.784. The lowest BCUT2D eigenvalue weighted by atomic mass is 10.1. The highest BCUT2D eigenvalue weighted by Crippen LogP contribution is 2.16. The summed E-state index contributed by atoms with van der Waals surface area (Å²) in [6.45, 7) is 8.69. The third-order valence-corrected chi connectivity index (χ3v) is 4.63. The van der Waals surface area contributed by atoms with Crippen LogP contribution in [0.1, 0.15) is 19.2 Å². The molecule has 2 aromatic rings. The van der Waals surface area contributed by atoms with Crippen molar-refractivity contribution in [1.29, 1.82) is 0 Å². The minimum Gasteiger partial charge on any atom is -0.441 e. The van der Waals surface area contributed by atoms with Crippen molar-refractivity contribution in [3.05, 3.63) is 30.2 Å². The van der Waals surface area contributed by atoms with E-state index in [1.54, 1.807) is 7.11 Å². The summed E-state index contributed by atoms with van der Waals surface area (Å²) in [5.41, 5.74) is 1.85. The van der Waals surface area contributed by atoms with E-state index in [4.69, 9.17) is 9.15 Å². The fourth-order valence-corrected chi connectivity index (χ4v) is 3.30. The summed E-state index contributed by atoms with van der Waals surface area (Å²) in [4.78, 5) is 9.62. The van der Waals surface area contributed by atoms with Gasteiger partial charge >= 0.3 is 0 Å². The highest BCUT2D eigenvalue weighted by atomic mass is 16.5. The van der Waals surface area contributed by atoms with E-state index in [-0.39, 0.29) is 0 Å². The van der Waals surface area contributed by atoms with E-state index in [1.165, 1.54) is 0 Å². The number of fused-ring (bicyclic) bond motifs is 1. The van der Waals surface area contributed by atoms with Crippen molar-refractivity contribution in [3.8, 4) is 0 Å². The van der Waals surface area contributed by atoms with Gasteiger partial charge in [0.15, 0.2) is 11.5 Å². The maximum Gasteiger partial charge on any atom is 0.195 e. The standard InChI is InChI=1S/C18H27N3O2/c1-15-14-20(10-11-21(15)12-13-22-2)9-5-8-18-19-16-6-3-4-7-17(16)23-18/h3-4,6-7,15H,5,8-14H2,1-2H3/t15-/m1/s1. The number of piperazine rings is 1. The Morgan fingerprint density at radius 2 is 2.13 bits per heavy atom. The SMILES string of the molecule is COCCN1CCN(CCCc2nc3ccccc3o2)C[C@H]1C. The number of hydrogen-bond acceptors (Lipinski definition) is 5. The molecule has 1 aromatic carbocycles. The Balaban J connectivity index is 1.42. The zero-order chi connectivity index (χ0) is 16.1. The van der Waals surface area contributed by atoms with Crippen LogP contribution in [0.4, 0.5) is 0 Å². The van der Waals surface area contributed by atoms with Crippen molar-refractivity contribution in [3.63, 3.8) is 0 Å². The predicted molar refractivity (Wildman–Crippen MR) is 91.7 cm³/mol. The number of hydrogen-bond donors (Lipinski definition) is 0. The molecule has 3 rings (SSSR count). The summed E-state index contributed by atoms with van der Waals surface area (Å²) in [5.74, 6) is 0.859. The monoisotopic (exact) mass is 317 g/mol. The van der Waals surface area contributed by atoms with Crippen LogP contribution in [0.2, 0.25) is 0 Å². The van der Waals surface area contributed by atoms with Crippen LogP contribution in [0, 0.1) is 0 Å². The van der Waals surface area contributed by atoms with E-state index in [9.17, 15) is 0 Å². The van der Waals surface area contributed by atoms with Gasteiger partial charge in [-0.1, -0.05) is 12.1 Å². The number of benzene rings is 1. The second-order valence-electron chi connectivity index (χ2n) is 6.36. The van der Waals surface area contributed by atoms with Gasteiger partial charge in [0, 0.05) is 45.8 Å². The van der Waals surface area contributed by atoms with Crippen molar-refractivity contribution in [2.24, 2.45) is 0 Å². The van der Waals surface area contributed by atoms with E-state index in [0.29, 0.717) is 6.04 Å². The molecule has 1 aliphatic rings. The third kappa shape index (κ3) is 4.31. The molecule has 0 saturated carbocycles. The van der Waals surface area contributed by atoms with Crippen LogP contribution in [0.3, 0.4) is 0 Å². The van der Waals surface area contributed by atoms with Crippen LogP contribution in [0.5, 0.6) is 0 Å². The molecule has 1 aliphatic heterocycles. The lowest BCUT2D eigenvalue weighted by Crippen LogP contribution is -2.52. The lowest BCUT2D eigenvalue weighted by molar-refractivity contribution is 0.0584. The van der Waals surface area contributed by atoms with Gasteiger partial charge in [-0.25, -0.2) is 4.98 Å². The minimum absolute atomic E-state index is 0.600.